The number of esters is 1. The van der Waals surface area contributed by atoms with E-state index in [0.717, 1.165) is 18.8 Å². The van der Waals surface area contributed by atoms with E-state index in [1.54, 1.807) is 0 Å². The Balaban J connectivity index is 1.98. The number of ether oxygens (including phenoxy) is 1. The van der Waals surface area contributed by atoms with Gasteiger partial charge in [0.2, 0.25) is 0 Å². The predicted octanol–water partition coefficient (Wildman–Crippen LogP) is 4.83. The van der Waals surface area contributed by atoms with Crippen LogP contribution in [0.5, 0.6) is 0 Å². The Bertz CT molecular complexity index is 520. The van der Waals surface area contributed by atoms with Crippen molar-refractivity contribution in [1.29, 1.82) is 0 Å². The first-order valence-electron chi connectivity index (χ1n) is 12.8. The summed E-state index contributed by atoms with van der Waals surface area (Å²) in [7, 11) is 0. The van der Waals surface area contributed by atoms with Gasteiger partial charge in [0, 0.05) is 12.5 Å². The standard InChI is InChI=1S/C26H49NO4/c1-18(2)13-23(28)25(30)22(15-19-9-7-6-8-10-19)27-17-21(14-20-11-12-20)16-24(29)31-26(3,4)5/h18-23,25,27-28,30H,6-17H2,1-5H3/t21-,22+,23+,25-/m1/s1. The molecule has 0 amide bonds. The summed E-state index contributed by atoms with van der Waals surface area (Å²) in [6.07, 6.45) is 10.3. The number of carbonyl (C=O) groups is 1. The monoisotopic (exact) mass is 439 g/mol. The van der Waals surface area contributed by atoms with E-state index in [1.165, 1.54) is 44.9 Å². The molecule has 0 aromatic rings. The van der Waals surface area contributed by atoms with E-state index >= 15 is 0 Å². The van der Waals surface area contributed by atoms with Crippen LogP contribution in [0.4, 0.5) is 0 Å². The third-order valence-corrected chi connectivity index (χ3v) is 6.74. The Hall–Kier alpha value is -0.650. The van der Waals surface area contributed by atoms with Gasteiger partial charge in [-0.25, -0.2) is 0 Å². The minimum Gasteiger partial charge on any atom is -0.460 e. The van der Waals surface area contributed by atoms with Gasteiger partial charge in [-0.2, -0.15) is 0 Å². The minimum atomic E-state index is -0.771. The average molecular weight is 440 g/mol. The first kappa shape index (κ1) is 26.6. The molecule has 2 aliphatic carbocycles. The van der Waals surface area contributed by atoms with Crippen molar-refractivity contribution in [2.24, 2.45) is 23.7 Å². The van der Waals surface area contributed by atoms with Crippen LogP contribution in [-0.4, -0.2) is 46.6 Å². The van der Waals surface area contributed by atoms with E-state index in [0.29, 0.717) is 31.2 Å². The summed E-state index contributed by atoms with van der Waals surface area (Å²) in [5.74, 6) is 1.76. The second kappa shape index (κ2) is 12.6. The van der Waals surface area contributed by atoms with E-state index in [-0.39, 0.29) is 17.9 Å². The molecule has 0 aliphatic heterocycles. The molecule has 5 nitrogen and oxygen atoms in total. The Morgan fingerprint density at radius 3 is 2.16 bits per heavy atom. The molecule has 0 radical (unpaired) electrons. The Labute approximate surface area is 190 Å². The van der Waals surface area contributed by atoms with Crippen molar-refractivity contribution in [2.75, 3.05) is 6.54 Å². The van der Waals surface area contributed by atoms with Gasteiger partial charge in [-0.05, 0) is 70.3 Å². The van der Waals surface area contributed by atoms with Crippen LogP contribution >= 0.6 is 0 Å². The summed E-state index contributed by atoms with van der Waals surface area (Å²) in [6.45, 7) is 10.6. The summed E-state index contributed by atoms with van der Waals surface area (Å²) < 4.78 is 5.57. The fraction of sp³-hybridized carbons (Fsp3) is 0.962. The summed E-state index contributed by atoms with van der Waals surface area (Å²) in [5, 5.41) is 25.2. The van der Waals surface area contributed by atoms with Gasteiger partial charge in [-0.1, -0.05) is 58.8 Å². The van der Waals surface area contributed by atoms with E-state index in [4.69, 9.17) is 4.74 Å². The quantitative estimate of drug-likeness (QED) is 0.358. The number of nitrogens with one attached hydrogen (secondary N) is 1. The molecule has 2 rings (SSSR count). The van der Waals surface area contributed by atoms with Gasteiger partial charge in [0.05, 0.1) is 12.2 Å². The zero-order valence-corrected chi connectivity index (χ0v) is 20.7. The SMILES string of the molecule is CC(C)C[C@H](O)[C@H](O)[C@H](CC1CCCCC1)NC[C@@H](CC(=O)OC(C)(C)C)CC1CC1. The molecule has 0 heterocycles. The molecule has 31 heavy (non-hydrogen) atoms. The highest BCUT2D eigenvalue weighted by Crippen LogP contribution is 2.36. The van der Waals surface area contributed by atoms with Crippen LogP contribution in [0, 0.1) is 23.7 Å². The van der Waals surface area contributed by atoms with E-state index in [1.807, 2.05) is 20.8 Å². The van der Waals surface area contributed by atoms with Crippen molar-refractivity contribution < 1.29 is 19.7 Å². The maximum atomic E-state index is 12.5. The van der Waals surface area contributed by atoms with Crippen LogP contribution in [0.2, 0.25) is 0 Å². The molecule has 4 atom stereocenters. The first-order chi connectivity index (χ1) is 14.5. The smallest absolute Gasteiger partial charge is 0.306 e. The van der Waals surface area contributed by atoms with Gasteiger partial charge in [0.15, 0.2) is 0 Å². The molecule has 2 saturated carbocycles. The Morgan fingerprint density at radius 2 is 1.61 bits per heavy atom. The highest BCUT2D eigenvalue weighted by atomic mass is 16.6. The molecular weight excluding hydrogens is 390 g/mol. The zero-order valence-electron chi connectivity index (χ0n) is 20.7. The average Bonchev–Trinajstić information content (AvgIpc) is 3.47. The molecule has 3 N–H and O–H groups in total. The third kappa shape index (κ3) is 11.2. The fourth-order valence-corrected chi connectivity index (χ4v) is 5.02. The minimum absolute atomic E-state index is 0.128. The van der Waals surface area contributed by atoms with Crippen LogP contribution in [0.3, 0.4) is 0 Å². The molecule has 5 heteroatoms. The van der Waals surface area contributed by atoms with Crippen molar-refractivity contribution >= 4 is 5.97 Å². The second-order valence-corrected chi connectivity index (χ2v) is 11.8. The van der Waals surface area contributed by atoms with Crippen LogP contribution < -0.4 is 5.32 Å². The van der Waals surface area contributed by atoms with Crippen molar-refractivity contribution in [3.63, 3.8) is 0 Å². The molecule has 0 saturated heterocycles. The van der Waals surface area contributed by atoms with Gasteiger partial charge in [-0.15, -0.1) is 0 Å². The predicted molar refractivity (Wildman–Crippen MR) is 126 cm³/mol. The first-order valence-corrected chi connectivity index (χ1v) is 12.8. The van der Waals surface area contributed by atoms with Crippen molar-refractivity contribution in [3.8, 4) is 0 Å². The topological polar surface area (TPSA) is 78.8 Å². The lowest BCUT2D eigenvalue weighted by molar-refractivity contribution is -0.156. The molecule has 0 aromatic carbocycles. The second-order valence-electron chi connectivity index (χ2n) is 11.8. The van der Waals surface area contributed by atoms with Crippen molar-refractivity contribution in [1.82, 2.24) is 5.32 Å². The third-order valence-electron chi connectivity index (χ3n) is 6.74. The number of carbonyl (C=O) groups excluding carboxylic acids is 1. The Morgan fingerprint density at radius 1 is 1.00 bits per heavy atom. The van der Waals surface area contributed by atoms with E-state index < -0.39 is 17.8 Å². The molecule has 0 unspecified atom stereocenters. The lowest BCUT2D eigenvalue weighted by Crippen LogP contribution is -2.49. The summed E-state index contributed by atoms with van der Waals surface area (Å²) in [6, 6.07) is -0.128. The molecule has 0 aromatic heterocycles. The molecule has 2 aliphatic rings. The van der Waals surface area contributed by atoms with Crippen molar-refractivity contribution in [3.05, 3.63) is 0 Å². The molecule has 0 bridgehead atoms. The summed E-state index contributed by atoms with van der Waals surface area (Å²) >= 11 is 0. The maximum absolute atomic E-state index is 12.5. The molecule has 2 fully saturated rings. The van der Waals surface area contributed by atoms with Gasteiger partial charge >= 0.3 is 5.97 Å². The normalized spacial score (nSPS) is 22.2. The largest absolute Gasteiger partial charge is 0.460 e. The van der Waals surface area contributed by atoms with Gasteiger partial charge in [-0.3, -0.25) is 4.79 Å². The Kier molecular flexibility index (Phi) is 10.8. The van der Waals surface area contributed by atoms with Crippen LogP contribution in [0.25, 0.3) is 0 Å². The lowest BCUT2D eigenvalue weighted by Gasteiger charge is -2.34. The fourth-order valence-electron chi connectivity index (χ4n) is 5.02. The number of hydrogen-bond acceptors (Lipinski definition) is 5. The van der Waals surface area contributed by atoms with Gasteiger partial charge in [0.25, 0.3) is 0 Å². The van der Waals surface area contributed by atoms with E-state index in [2.05, 4.69) is 19.2 Å². The maximum Gasteiger partial charge on any atom is 0.306 e. The molecule has 0 spiro atoms. The highest BCUT2D eigenvalue weighted by Gasteiger charge is 2.32. The molecule has 182 valence electrons. The van der Waals surface area contributed by atoms with E-state index in [9.17, 15) is 15.0 Å². The lowest BCUT2D eigenvalue weighted by atomic mass is 9.82. The van der Waals surface area contributed by atoms with Gasteiger partial charge in [0.1, 0.15) is 5.60 Å². The summed E-state index contributed by atoms with van der Waals surface area (Å²) in [4.78, 5) is 12.5. The van der Waals surface area contributed by atoms with Crippen molar-refractivity contribution in [2.45, 2.75) is 129 Å². The number of rotatable bonds is 13. The highest BCUT2D eigenvalue weighted by molar-refractivity contribution is 5.70. The number of aliphatic hydroxyl groups is 2. The van der Waals surface area contributed by atoms with Crippen LogP contribution in [-0.2, 0) is 9.53 Å². The zero-order chi connectivity index (χ0) is 23.0. The van der Waals surface area contributed by atoms with Crippen LogP contribution in [0.15, 0.2) is 0 Å². The number of aliphatic hydroxyl groups excluding tert-OH is 2. The molecular formula is C26H49NO4. The number of hydrogen-bond donors (Lipinski definition) is 3. The summed E-state index contributed by atoms with van der Waals surface area (Å²) in [5.41, 5.74) is -0.463. The van der Waals surface area contributed by atoms with Crippen LogP contribution in [0.1, 0.15) is 105 Å². The van der Waals surface area contributed by atoms with Gasteiger partial charge < -0.3 is 20.3 Å².